The maximum Gasteiger partial charge on any atom is 0.319 e. The van der Waals surface area contributed by atoms with Crippen LogP contribution >= 0.6 is 22.9 Å². The molecule has 5 fully saturated rings. The van der Waals surface area contributed by atoms with Crippen LogP contribution in [0, 0.1) is 34.8 Å². The summed E-state index contributed by atoms with van der Waals surface area (Å²) in [5.74, 6) is -0.176. The molecule has 1 saturated carbocycles. The standard InChI is InChI=1S/C38H39ClF2N8O3S/c1-17-10-38(8-3-9-48(38)13-17)16-51-37-45-31-28-32(29(39)27(30(31)41)20-6-7-23(40)33-26(20)21(11-42)34(43)53-33)52-18(2)22-14-47(36(50)24-12-44-24)15-25(22)49(19-4-5-19)35(28)46-37/h6-7,17-19,22,24-25,44H,3-5,8-10,12-16,43H2,1-2H3/t17-,18?,22?,24?,25?,38+/m1/s1. The minimum Gasteiger partial charge on any atom is -0.488 e. The van der Waals surface area contributed by atoms with E-state index in [4.69, 9.17) is 36.8 Å². The van der Waals surface area contributed by atoms with Crippen molar-refractivity contribution in [3.63, 3.8) is 0 Å². The number of likely N-dealkylation sites (tertiary alicyclic amines) is 1. The van der Waals surface area contributed by atoms with Crippen LogP contribution in [0.1, 0.15) is 51.5 Å². The van der Waals surface area contributed by atoms with Crippen LogP contribution in [0.4, 0.5) is 19.6 Å². The van der Waals surface area contributed by atoms with E-state index in [0.29, 0.717) is 43.4 Å². The van der Waals surface area contributed by atoms with E-state index in [1.807, 2.05) is 11.8 Å². The Kier molecular flexibility index (Phi) is 7.58. The zero-order valence-corrected chi connectivity index (χ0v) is 31.0. The molecule has 0 spiro atoms. The van der Waals surface area contributed by atoms with Crippen molar-refractivity contribution in [3.05, 3.63) is 34.4 Å². The topological polar surface area (TPSA) is 143 Å². The number of ether oxygens (including phenoxy) is 2. The molecule has 276 valence electrons. The summed E-state index contributed by atoms with van der Waals surface area (Å²) in [4.78, 5) is 30.0. The van der Waals surface area contributed by atoms with E-state index < -0.39 is 17.7 Å². The van der Waals surface area contributed by atoms with Gasteiger partial charge in [-0.3, -0.25) is 9.69 Å². The zero-order chi connectivity index (χ0) is 36.5. The van der Waals surface area contributed by atoms with Crippen LogP contribution < -0.4 is 25.4 Å². The number of benzene rings is 2. The first-order valence-electron chi connectivity index (χ1n) is 18.6. The number of thiophene rings is 1. The van der Waals surface area contributed by atoms with E-state index in [1.165, 1.54) is 12.1 Å². The van der Waals surface area contributed by atoms with Gasteiger partial charge in [0, 0.05) is 49.1 Å². The lowest BCUT2D eigenvalue weighted by Crippen LogP contribution is -2.48. The number of carbonyl (C=O) groups is 1. The Morgan fingerprint density at radius 1 is 1.23 bits per heavy atom. The maximum atomic E-state index is 17.6. The molecule has 0 bridgehead atoms. The average molecular weight is 761 g/mol. The van der Waals surface area contributed by atoms with Gasteiger partial charge in [-0.2, -0.15) is 15.2 Å². The third-order valence-electron chi connectivity index (χ3n) is 12.4. The molecular formula is C38H39ClF2N8O3S. The minimum absolute atomic E-state index is 0.0373. The summed E-state index contributed by atoms with van der Waals surface area (Å²) in [6, 6.07) is 4.58. The molecule has 6 aliphatic rings. The fourth-order valence-electron chi connectivity index (χ4n) is 9.79. The quantitative estimate of drug-likeness (QED) is 0.235. The lowest BCUT2D eigenvalue weighted by atomic mass is 9.91. The van der Waals surface area contributed by atoms with Gasteiger partial charge in [0.25, 0.3) is 0 Å². The lowest BCUT2D eigenvalue weighted by Gasteiger charge is -2.39. The van der Waals surface area contributed by atoms with Crippen molar-refractivity contribution in [3.8, 4) is 29.0 Å². The van der Waals surface area contributed by atoms with Gasteiger partial charge in [-0.25, -0.2) is 8.78 Å². The molecule has 11 nitrogen and oxygen atoms in total. The molecule has 10 rings (SSSR count). The fourth-order valence-corrected chi connectivity index (χ4v) is 11.1. The van der Waals surface area contributed by atoms with Crippen LogP contribution in [0.3, 0.4) is 0 Å². The van der Waals surface area contributed by atoms with Crippen molar-refractivity contribution in [1.29, 1.82) is 5.26 Å². The highest BCUT2D eigenvalue weighted by Crippen LogP contribution is 2.53. The fraction of sp³-hybridized carbons (Fsp3) is 0.526. The summed E-state index contributed by atoms with van der Waals surface area (Å²) in [5, 5.41) is 13.8. The molecule has 0 radical (unpaired) electrons. The van der Waals surface area contributed by atoms with Gasteiger partial charge in [-0.15, -0.1) is 11.3 Å². The summed E-state index contributed by atoms with van der Waals surface area (Å²) in [7, 11) is 0. The first-order chi connectivity index (χ1) is 25.6. The monoisotopic (exact) mass is 760 g/mol. The smallest absolute Gasteiger partial charge is 0.319 e. The van der Waals surface area contributed by atoms with Crippen LogP contribution in [-0.4, -0.2) is 94.8 Å². The molecule has 4 saturated heterocycles. The Labute approximate surface area is 314 Å². The molecule has 1 amide bonds. The van der Waals surface area contributed by atoms with Crippen LogP contribution in [0.5, 0.6) is 11.8 Å². The molecule has 53 heavy (non-hydrogen) atoms. The second-order valence-electron chi connectivity index (χ2n) is 15.9. The highest BCUT2D eigenvalue weighted by atomic mass is 35.5. The van der Waals surface area contributed by atoms with E-state index in [-0.39, 0.29) is 89.6 Å². The molecule has 1 aliphatic carbocycles. The first-order valence-corrected chi connectivity index (χ1v) is 19.7. The van der Waals surface area contributed by atoms with E-state index in [9.17, 15) is 10.1 Å². The number of anilines is 2. The van der Waals surface area contributed by atoms with Crippen molar-refractivity contribution in [2.45, 2.75) is 75.7 Å². The number of aromatic nitrogens is 2. The number of nitrogen functional groups attached to an aromatic ring is 1. The largest absolute Gasteiger partial charge is 0.488 e. The summed E-state index contributed by atoms with van der Waals surface area (Å²) < 4.78 is 46.3. The second-order valence-corrected chi connectivity index (χ2v) is 17.3. The van der Waals surface area contributed by atoms with Gasteiger partial charge in [-0.1, -0.05) is 24.6 Å². The van der Waals surface area contributed by atoms with Crippen molar-refractivity contribution < 1.29 is 23.0 Å². The lowest BCUT2D eigenvalue weighted by molar-refractivity contribution is -0.129. The number of fused-ring (bicyclic) bond motifs is 3. The number of rotatable bonds is 6. The Bertz CT molecular complexity index is 2280. The van der Waals surface area contributed by atoms with Crippen molar-refractivity contribution in [2.75, 3.05) is 50.0 Å². The van der Waals surface area contributed by atoms with Gasteiger partial charge < -0.3 is 30.3 Å². The molecule has 2 aromatic heterocycles. The van der Waals surface area contributed by atoms with E-state index >= 15 is 8.78 Å². The number of nitrogens with two attached hydrogens (primary N) is 1. The first kappa shape index (κ1) is 33.5. The van der Waals surface area contributed by atoms with Crippen molar-refractivity contribution in [2.24, 2.45) is 11.8 Å². The van der Waals surface area contributed by atoms with Crippen LogP contribution in [-0.2, 0) is 4.79 Å². The van der Waals surface area contributed by atoms with Crippen LogP contribution in [0.15, 0.2) is 12.1 Å². The number of hydrogen-bond acceptors (Lipinski definition) is 11. The molecule has 15 heteroatoms. The summed E-state index contributed by atoms with van der Waals surface area (Å²) in [6.45, 7) is 8.25. The minimum atomic E-state index is -0.758. The number of hydrogen-bond donors (Lipinski definition) is 2. The normalized spacial score (nSPS) is 29.2. The number of carbonyl (C=O) groups excluding carboxylic acids is 1. The molecule has 6 atom stereocenters. The molecule has 4 aromatic rings. The third-order valence-corrected chi connectivity index (χ3v) is 13.8. The number of nitrogens with zero attached hydrogens (tertiary/aromatic N) is 6. The Balaban J connectivity index is 1.19. The van der Waals surface area contributed by atoms with Gasteiger partial charge in [0.1, 0.15) is 40.9 Å². The molecular weight excluding hydrogens is 722 g/mol. The summed E-state index contributed by atoms with van der Waals surface area (Å²) >= 11 is 8.22. The third kappa shape index (κ3) is 5.10. The Morgan fingerprint density at radius 3 is 2.79 bits per heavy atom. The zero-order valence-electron chi connectivity index (χ0n) is 29.4. The summed E-state index contributed by atoms with van der Waals surface area (Å²) in [6.07, 6.45) is 4.49. The molecule has 7 heterocycles. The highest BCUT2D eigenvalue weighted by molar-refractivity contribution is 7.23. The predicted molar refractivity (Wildman–Crippen MR) is 198 cm³/mol. The molecule has 5 aliphatic heterocycles. The van der Waals surface area contributed by atoms with Crippen molar-refractivity contribution in [1.82, 2.24) is 25.1 Å². The number of halogens is 3. The van der Waals surface area contributed by atoms with Gasteiger partial charge in [-0.05, 0) is 63.1 Å². The summed E-state index contributed by atoms with van der Waals surface area (Å²) in [5.41, 5.74) is 6.21. The predicted octanol–water partition coefficient (Wildman–Crippen LogP) is 5.70. The Hall–Kier alpha value is -4.03. The Morgan fingerprint density at radius 2 is 2.04 bits per heavy atom. The van der Waals surface area contributed by atoms with Gasteiger partial charge >= 0.3 is 6.01 Å². The molecule has 2 aromatic carbocycles. The number of nitriles is 1. The van der Waals surface area contributed by atoms with Gasteiger partial charge in [0.15, 0.2) is 11.6 Å². The van der Waals surface area contributed by atoms with E-state index in [0.717, 1.165) is 56.5 Å². The maximum absolute atomic E-state index is 17.6. The SMILES string of the molecule is CC1Oc2c(Cl)c(-c3ccc(F)c4sc(N)c(C#N)c34)c(F)c3nc(OC[C@@]45CCCN4C[C@H](C)C5)nc(c23)N(C2CC2)C2CN(C(=O)C3CN3)CC12. The van der Waals surface area contributed by atoms with E-state index in [2.05, 4.69) is 28.1 Å². The average Bonchev–Trinajstić information content (AvgIpc) is 4.01. The van der Waals surface area contributed by atoms with Gasteiger partial charge in [0.05, 0.1) is 38.3 Å². The van der Waals surface area contributed by atoms with Crippen LogP contribution in [0.25, 0.3) is 32.1 Å². The van der Waals surface area contributed by atoms with Gasteiger partial charge in [0.2, 0.25) is 5.91 Å². The molecule has 4 unspecified atom stereocenters. The van der Waals surface area contributed by atoms with E-state index in [1.54, 1.807) is 0 Å². The molecule has 3 N–H and O–H groups in total. The van der Waals surface area contributed by atoms with Crippen LogP contribution in [0.2, 0.25) is 5.02 Å². The number of nitrogens with one attached hydrogen (secondary N) is 1. The second kappa shape index (κ2) is 12.0. The number of amides is 1. The highest BCUT2D eigenvalue weighted by Gasteiger charge is 2.51. The van der Waals surface area contributed by atoms with Crippen molar-refractivity contribution >= 4 is 60.7 Å².